The number of benzene rings is 1. The molecule has 0 aliphatic heterocycles. The zero-order valence-corrected chi connectivity index (χ0v) is 23.9. The Balaban J connectivity index is 1.40. The maximum absolute atomic E-state index is 13.9. The largest absolute Gasteiger partial charge is 0.467 e. The standard InChI is InChI=1S/C29H42N2O5Si/c1-18(37(3,4)5)35-17-31(29(33)36-27-21-11-19-10-20(13-21)14-22(27)12-19)26(28(32)34-2)15-23-16-30-25-9-7-6-8-24(23)25/h6-9,16,18-22,26-27,30H,10-15,17H2,1-5H3. The summed E-state index contributed by atoms with van der Waals surface area (Å²) < 4.78 is 17.8. The van der Waals surface area contributed by atoms with Gasteiger partial charge in [-0.1, -0.05) is 37.8 Å². The molecular weight excluding hydrogens is 484 g/mol. The van der Waals surface area contributed by atoms with E-state index in [4.69, 9.17) is 14.2 Å². The number of aromatic nitrogens is 1. The number of fused-ring (bicyclic) bond motifs is 1. The van der Waals surface area contributed by atoms with Crippen molar-refractivity contribution in [2.75, 3.05) is 13.8 Å². The average molecular weight is 527 g/mol. The number of ether oxygens (including phenoxy) is 3. The van der Waals surface area contributed by atoms with Gasteiger partial charge in [0.1, 0.15) is 18.9 Å². The van der Waals surface area contributed by atoms with Crippen LogP contribution in [-0.2, 0) is 25.4 Å². The number of amides is 1. The third-order valence-corrected chi connectivity index (χ3v) is 11.8. The molecule has 202 valence electrons. The Labute approximate surface area is 221 Å². The van der Waals surface area contributed by atoms with Crippen molar-refractivity contribution in [2.24, 2.45) is 23.7 Å². The number of methoxy groups -OCH3 is 1. The lowest BCUT2D eigenvalue weighted by Crippen LogP contribution is -2.54. The van der Waals surface area contributed by atoms with Gasteiger partial charge >= 0.3 is 12.1 Å². The lowest BCUT2D eigenvalue weighted by Gasteiger charge is -2.53. The molecule has 0 radical (unpaired) electrons. The molecule has 2 atom stereocenters. The number of hydrogen-bond acceptors (Lipinski definition) is 5. The van der Waals surface area contributed by atoms with E-state index in [-0.39, 0.29) is 18.6 Å². The highest BCUT2D eigenvalue weighted by atomic mass is 28.3. The van der Waals surface area contributed by atoms with Crippen LogP contribution < -0.4 is 0 Å². The molecule has 4 aliphatic carbocycles. The van der Waals surface area contributed by atoms with Gasteiger partial charge in [-0.3, -0.25) is 4.90 Å². The molecule has 4 bridgehead atoms. The van der Waals surface area contributed by atoms with E-state index < -0.39 is 26.2 Å². The van der Waals surface area contributed by atoms with Crippen molar-refractivity contribution in [3.8, 4) is 0 Å². The molecule has 4 aliphatic rings. The molecule has 37 heavy (non-hydrogen) atoms. The van der Waals surface area contributed by atoms with Gasteiger partial charge in [0.05, 0.1) is 15.2 Å². The Bertz CT molecular complexity index is 1100. The van der Waals surface area contributed by atoms with Crippen LogP contribution in [0.2, 0.25) is 19.6 Å². The summed E-state index contributed by atoms with van der Waals surface area (Å²) >= 11 is 0. The molecule has 4 fully saturated rings. The predicted molar refractivity (Wildman–Crippen MR) is 146 cm³/mol. The fourth-order valence-corrected chi connectivity index (χ4v) is 7.50. The van der Waals surface area contributed by atoms with Crippen molar-refractivity contribution in [1.29, 1.82) is 0 Å². The van der Waals surface area contributed by atoms with Crippen LogP contribution in [0.25, 0.3) is 10.9 Å². The lowest BCUT2D eigenvalue weighted by atomic mass is 9.55. The Morgan fingerprint density at radius 1 is 1.05 bits per heavy atom. The second-order valence-corrected chi connectivity index (χ2v) is 18.2. The van der Waals surface area contributed by atoms with E-state index in [1.54, 1.807) is 0 Å². The number of carbonyl (C=O) groups is 2. The number of aromatic amines is 1. The summed E-state index contributed by atoms with van der Waals surface area (Å²) in [6.45, 7) is 8.76. The molecule has 2 unspecified atom stereocenters. The summed E-state index contributed by atoms with van der Waals surface area (Å²) in [7, 11) is -0.246. The highest BCUT2D eigenvalue weighted by Crippen LogP contribution is 2.54. The molecule has 0 saturated heterocycles. The van der Waals surface area contributed by atoms with Crippen LogP contribution in [0.1, 0.15) is 44.6 Å². The minimum Gasteiger partial charge on any atom is -0.467 e. The summed E-state index contributed by atoms with van der Waals surface area (Å²) in [4.78, 5) is 31.8. The molecule has 6 rings (SSSR count). The number of carbonyl (C=O) groups excluding carboxylic acids is 2. The monoisotopic (exact) mass is 526 g/mol. The first-order chi connectivity index (χ1) is 17.6. The van der Waals surface area contributed by atoms with Gasteiger partial charge in [0.15, 0.2) is 0 Å². The SMILES string of the molecule is COC(=O)C(Cc1c[nH]c2ccccc12)N(COC(C)[Si](C)(C)C)C(=O)OC1C2CC3CC(C2)CC1C3. The molecule has 1 aromatic carbocycles. The van der Waals surface area contributed by atoms with Gasteiger partial charge in [-0.2, -0.15) is 0 Å². The van der Waals surface area contributed by atoms with Crippen molar-refractivity contribution in [1.82, 2.24) is 9.88 Å². The molecule has 1 amide bonds. The van der Waals surface area contributed by atoms with E-state index in [2.05, 4.69) is 31.5 Å². The molecule has 4 saturated carbocycles. The average Bonchev–Trinajstić information content (AvgIpc) is 3.26. The quantitative estimate of drug-likeness (QED) is 0.255. The van der Waals surface area contributed by atoms with Gasteiger partial charge in [-0.15, -0.1) is 0 Å². The topological polar surface area (TPSA) is 80.9 Å². The third kappa shape index (κ3) is 5.46. The van der Waals surface area contributed by atoms with Crippen LogP contribution in [0.5, 0.6) is 0 Å². The minimum atomic E-state index is -1.62. The van der Waals surface area contributed by atoms with Crippen LogP contribution in [-0.4, -0.2) is 61.7 Å². The Hall–Kier alpha value is -2.32. The number of nitrogens with one attached hydrogen (secondary N) is 1. The second-order valence-electron chi connectivity index (χ2n) is 12.7. The van der Waals surface area contributed by atoms with Gasteiger partial charge in [0.2, 0.25) is 0 Å². The summed E-state index contributed by atoms with van der Waals surface area (Å²) in [5, 5.41) is 1.03. The smallest absolute Gasteiger partial charge is 0.412 e. The Kier molecular flexibility index (Phi) is 7.42. The molecule has 1 N–H and O–H groups in total. The maximum atomic E-state index is 13.9. The number of hydrogen-bond donors (Lipinski definition) is 1. The maximum Gasteiger partial charge on any atom is 0.412 e. The first kappa shape index (κ1) is 26.3. The highest BCUT2D eigenvalue weighted by Gasteiger charge is 2.50. The third-order valence-electron chi connectivity index (χ3n) is 9.23. The van der Waals surface area contributed by atoms with E-state index in [0.29, 0.717) is 18.3 Å². The number of para-hydroxylation sites is 1. The van der Waals surface area contributed by atoms with E-state index in [1.165, 1.54) is 18.4 Å². The molecule has 2 aromatic rings. The Morgan fingerprint density at radius 2 is 1.70 bits per heavy atom. The summed E-state index contributed by atoms with van der Waals surface area (Å²) in [6.07, 6.45) is 7.67. The fraction of sp³-hybridized carbons (Fsp3) is 0.655. The van der Waals surface area contributed by atoms with E-state index in [9.17, 15) is 9.59 Å². The first-order valence-electron chi connectivity index (χ1n) is 13.9. The van der Waals surface area contributed by atoms with Crippen molar-refractivity contribution in [3.05, 3.63) is 36.0 Å². The number of nitrogens with zero attached hydrogens (tertiary/aromatic N) is 1. The molecule has 0 spiro atoms. The van der Waals surface area contributed by atoms with E-state index in [0.717, 1.165) is 54.0 Å². The van der Waals surface area contributed by atoms with Gasteiger partial charge in [-0.05, 0) is 74.3 Å². The van der Waals surface area contributed by atoms with Gasteiger partial charge in [0, 0.05) is 29.2 Å². The lowest BCUT2D eigenvalue weighted by molar-refractivity contribution is -0.151. The molecular formula is C29H42N2O5Si. The van der Waals surface area contributed by atoms with Gasteiger partial charge in [0.25, 0.3) is 0 Å². The van der Waals surface area contributed by atoms with E-state index in [1.807, 2.05) is 30.5 Å². The van der Waals surface area contributed by atoms with Crippen LogP contribution >= 0.6 is 0 Å². The molecule has 8 heteroatoms. The Morgan fingerprint density at radius 3 is 2.32 bits per heavy atom. The zero-order chi connectivity index (χ0) is 26.3. The highest BCUT2D eigenvalue weighted by molar-refractivity contribution is 6.77. The summed E-state index contributed by atoms with van der Waals surface area (Å²) in [5.41, 5.74) is 1.96. The van der Waals surface area contributed by atoms with Crippen LogP contribution in [0.4, 0.5) is 4.79 Å². The van der Waals surface area contributed by atoms with Gasteiger partial charge in [-0.25, -0.2) is 9.59 Å². The number of esters is 1. The number of H-pyrrole nitrogens is 1. The van der Waals surface area contributed by atoms with Crippen molar-refractivity contribution >= 4 is 31.0 Å². The summed E-state index contributed by atoms with van der Waals surface area (Å²) in [6, 6.07) is 7.13. The first-order valence-corrected chi connectivity index (χ1v) is 17.4. The van der Waals surface area contributed by atoms with Gasteiger partial charge < -0.3 is 19.2 Å². The van der Waals surface area contributed by atoms with Crippen molar-refractivity contribution in [2.45, 2.75) is 83.0 Å². The summed E-state index contributed by atoms with van der Waals surface area (Å²) in [5.74, 6) is 2.00. The molecule has 1 heterocycles. The predicted octanol–water partition coefficient (Wildman–Crippen LogP) is 5.76. The van der Waals surface area contributed by atoms with Crippen LogP contribution in [0.3, 0.4) is 0 Å². The van der Waals surface area contributed by atoms with Crippen LogP contribution in [0, 0.1) is 23.7 Å². The fourth-order valence-electron chi connectivity index (χ4n) is 6.93. The molecule has 7 nitrogen and oxygen atoms in total. The normalized spacial score (nSPS) is 28.2. The van der Waals surface area contributed by atoms with Crippen LogP contribution in [0.15, 0.2) is 30.5 Å². The minimum absolute atomic E-state index is 0.000302. The molecule has 1 aromatic heterocycles. The van der Waals surface area contributed by atoms with E-state index >= 15 is 0 Å². The number of rotatable bonds is 9. The van der Waals surface area contributed by atoms with Crippen molar-refractivity contribution in [3.63, 3.8) is 0 Å². The van der Waals surface area contributed by atoms with Crippen molar-refractivity contribution < 1.29 is 23.8 Å². The zero-order valence-electron chi connectivity index (χ0n) is 22.9. The second kappa shape index (κ2) is 10.4.